The number of hydrogen-bond donors (Lipinski definition) is 1. The highest BCUT2D eigenvalue weighted by Crippen LogP contribution is 2.17. The van der Waals surface area contributed by atoms with Crippen LogP contribution in [0.2, 0.25) is 0 Å². The Morgan fingerprint density at radius 2 is 2.40 bits per heavy atom. The monoisotopic (exact) mass is 210 g/mol. The van der Waals surface area contributed by atoms with E-state index >= 15 is 0 Å². The molecule has 2 N–H and O–H groups in total. The van der Waals surface area contributed by atoms with Crippen LogP contribution in [0, 0.1) is 0 Å². The Bertz CT molecular complexity index is 230. The first-order valence-corrected chi connectivity index (χ1v) is 5.81. The summed E-state index contributed by atoms with van der Waals surface area (Å²) in [5, 5.41) is 0. The normalized spacial score (nSPS) is 17.7. The van der Waals surface area contributed by atoms with E-state index in [9.17, 15) is 0 Å². The predicted molar refractivity (Wildman–Crippen MR) is 64.2 cm³/mol. The van der Waals surface area contributed by atoms with Gasteiger partial charge in [-0.3, -0.25) is 4.99 Å². The maximum atomic E-state index is 5.58. The molecule has 0 amide bonds. The summed E-state index contributed by atoms with van der Waals surface area (Å²) in [6.45, 7) is 4.19. The van der Waals surface area contributed by atoms with E-state index < -0.39 is 0 Å². The van der Waals surface area contributed by atoms with Crippen LogP contribution in [0.3, 0.4) is 0 Å². The molecule has 0 saturated carbocycles. The van der Waals surface area contributed by atoms with Gasteiger partial charge in [-0.1, -0.05) is 6.08 Å². The summed E-state index contributed by atoms with van der Waals surface area (Å²) in [6.07, 6.45) is 8.41. The molecule has 0 aromatic carbocycles. The first kappa shape index (κ1) is 12.2. The third-order valence-corrected chi connectivity index (χ3v) is 2.48. The lowest BCUT2D eigenvalue weighted by molar-refractivity contribution is 0.152. The van der Waals surface area contributed by atoms with Gasteiger partial charge in [-0.15, -0.1) is 0 Å². The second kappa shape index (κ2) is 7.46. The molecule has 0 aromatic rings. The molecule has 1 aliphatic carbocycles. The van der Waals surface area contributed by atoms with Crippen molar-refractivity contribution in [1.82, 2.24) is 0 Å². The molecule has 0 spiro atoms. The molecule has 3 heteroatoms. The van der Waals surface area contributed by atoms with Gasteiger partial charge in [-0.2, -0.15) is 0 Å². The largest absolute Gasteiger partial charge is 0.388 e. The first-order valence-electron chi connectivity index (χ1n) is 5.81. The van der Waals surface area contributed by atoms with Gasteiger partial charge in [0, 0.05) is 13.2 Å². The van der Waals surface area contributed by atoms with Crippen molar-refractivity contribution in [3.8, 4) is 0 Å². The number of hydrogen-bond acceptors (Lipinski definition) is 2. The van der Waals surface area contributed by atoms with Crippen molar-refractivity contribution >= 4 is 5.84 Å². The van der Waals surface area contributed by atoms with Gasteiger partial charge >= 0.3 is 0 Å². The van der Waals surface area contributed by atoms with Crippen LogP contribution in [0.25, 0.3) is 0 Å². The van der Waals surface area contributed by atoms with E-state index in [-0.39, 0.29) is 0 Å². The van der Waals surface area contributed by atoms with Gasteiger partial charge in [-0.05, 0) is 44.6 Å². The lowest BCUT2D eigenvalue weighted by Gasteiger charge is -2.12. The Labute approximate surface area is 92.4 Å². The Morgan fingerprint density at radius 1 is 1.53 bits per heavy atom. The highest BCUT2D eigenvalue weighted by atomic mass is 16.5. The van der Waals surface area contributed by atoms with E-state index in [1.54, 1.807) is 0 Å². The number of ether oxygens (including phenoxy) is 1. The molecule has 0 heterocycles. The standard InChI is InChI=1S/C12H22N2O/c1-11(13)14-8-5-9-15-10-12-6-3-2-4-7-12/h6H,2-5,7-10H2,1H3,(H2,13,14). The van der Waals surface area contributed by atoms with Crippen molar-refractivity contribution in [3.05, 3.63) is 11.6 Å². The van der Waals surface area contributed by atoms with Gasteiger partial charge in [0.1, 0.15) is 0 Å². The van der Waals surface area contributed by atoms with Gasteiger partial charge in [0.2, 0.25) is 0 Å². The summed E-state index contributed by atoms with van der Waals surface area (Å²) in [4.78, 5) is 4.11. The van der Waals surface area contributed by atoms with Crippen molar-refractivity contribution < 1.29 is 4.74 Å². The summed E-state index contributed by atoms with van der Waals surface area (Å²) >= 11 is 0. The van der Waals surface area contributed by atoms with Crippen LogP contribution in [0.4, 0.5) is 0 Å². The second-order valence-corrected chi connectivity index (χ2v) is 4.04. The van der Waals surface area contributed by atoms with Crippen LogP contribution in [-0.4, -0.2) is 25.6 Å². The number of nitrogens with two attached hydrogens (primary N) is 1. The Hall–Kier alpha value is -0.830. The topological polar surface area (TPSA) is 47.6 Å². The van der Waals surface area contributed by atoms with E-state index in [4.69, 9.17) is 10.5 Å². The summed E-state index contributed by atoms with van der Waals surface area (Å²) in [6, 6.07) is 0. The zero-order valence-corrected chi connectivity index (χ0v) is 9.67. The molecule has 3 nitrogen and oxygen atoms in total. The zero-order valence-electron chi connectivity index (χ0n) is 9.67. The Morgan fingerprint density at radius 3 is 3.07 bits per heavy atom. The molecule has 0 aliphatic heterocycles. The fraction of sp³-hybridized carbons (Fsp3) is 0.750. The fourth-order valence-corrected chi connectivity index (χ4v) is 1.66. The Kier molecular flexibility index (Phi) is 6.09. The van der Waals surface area contributed by atoms with Gasteiger partial charge in [0.15, 0.2) is 0 Å². The van der Waals surface area contributed by atoms with Crippen LogP contribution < -0.4 is 5.73 Å². The SMILES string of the molecule is CC(N)=NCCCOCC1=CCCCC1. The number of nitrogens with zero attached hydrogens (tertiary/aromatic N) is 1. The molecule has 15 heavy (non-hydrogen) atoms. The van der Waals surface area contributed by atoms with Gasteiger partial charge in [0.05, 0.1) is 12.4 Å². The molecule has 86 valence electrons. The van der Waals surface area contributed by atoms with E-state index in [2.05, 4.69) is 11.1 Å². The highest BCUT2D eigenvalue weighted by Gasteiger charge is 2.02. The van der Waals surface area contributed by atoms with E-state index in [1.165, 1.54) is 31.3 Å². The third kappa shape index (κ3) is 6.28. The maximum Gasteiger partial charge on any atom is 0.0905 e. The molecule has 1 rings (SSSR count). The minimum absolute atomic E-state index is 0.657. The summed E-state index contributed by atoms with van der Waals surface area (Å²) in [5.74, 6) is 0.657. The summed E-state index contributed by atoms with van der Waals surface area (Å²) in [7, 11) is 0. The minimum Gasteiger partial charge on any atom is -0.388 e. The van der Waals surface area contributed by atoms with E-state index in [0.29, 0.717) is 5.84 Å². The van der Waals surface area contributed by atoms with E-state index in [0.717, 1.165) is 26.2 Å². The maximum absolute atomic E-state index is 5.58. The van der Waals surface area contributed by atoms with Crippen molar-refractivity contribution in [2.24, 2.45) is 10.7 Å². The number of allylic oxidation sites excluding steroid dienone is 1. The van der Waals surface area contributed by atoms with Crippen molar-refractivity contribution in [2.75, 3.05) is 19.8 Å². The van der Waals surface area contributed by atoms with Crippen LogP contribution in [-0.2, 0) is 4.74 Å². The second-order valence-electron chi connectivity index (χ2n) is 4.04. The predicted octanol–water partition coefficient (Wildman–Crippen LogP) is 2.27. The molecule has 0 saturated heterocycles. The van der Waals surface area contributed by atoms with Crippen molar-refractivity contribution in [2.45, 2.75) is 39.0 Å². The average molecular weight is 210 g/mol. The van der Waals surface area contributed by atoms with E-state index in [1.807, 2.05) is 6.92 Å². The summed E-state index contributed by atoms with van der Waals surface area (Å²) in [5.41, 5.74) is 6.90. The smallest absolute Gasteiger partial charge is 0.0905 e. The molecule has 0 radical (unpaired) electrons. The van der Waals surface area contributed by atoms with Crippen LogP contribution in [0.1, 0.15) is 39.0 Å². The lowest BCUT2D eigenvalue weighted by Crippen LogP contribution is -2.07. The van der Waals surface area contributed by atoms with Gasteiger partial charge < -0.3 is 10.5 Å². The average Bonchev–Trinajstić information content (AvgIpc) is 2.24. The van der Waals surface area contributed by atoms with Crippen LogP contribution >= 0.6 is 0 Å². The lowest BCUT2D eigenvalue weighted by atomic mass is 10.0. The number of aliphatic imine (C=N–C) groups is 1. The summed E-state index contributed by atoms with van der Waals surface area (Å²) < 4.78 is 5.58. The highest BCUT2D eigenvalue weighted by molar-refractivity contribution is 5.77. The molecule has 0 bridgehead atoms. The third-order valence-electron chi connectivity index (χ3n) is 2.48. The van der Waals surface area contributed by atoms with Crippen LogP contribution in [0.15, 0.2) is 16.6 Å². The molecule has 0 unspecified atom stereocenters. The minimum atomic E-state index is 0.657. The van der Waals surface area contributed by atoms with Gasteiger partial charge in [-0.25, -0.2) is 0 Å². The quantitative estimate of drug-likeness (QED) is 0.316. The van der Waals surface area contributed by atoms with Crippen LogP contribution in [0.5, 0.6) is 0 Å². The molecule has 0 fully saturated rings. The number of rotatable bonds is 6. The Balaban J connectivity index is 1.97. The molecule has 0 atom stereocenters. The fourth-order valence-electron chi connectivity index (χ4n) is 1.66. The van der Waals surface area contributed by atoms with Crippen molar-refractivity contribution in [3.63, 3.8) is 0 Å². The zero-order chi connectivity index (χ0) is 10.9. The molecule has 1 aliphatic rings. The molecular formula is C12H22N2O. The first-order chi connectivity index (χ1) is 7.29. The molecule has 0 aromatic heterocycles. The number of amidine groups is 1. The molecular weight excluding hydrogens is 188 g/mol. The van der Waals surface area contributed by atoms with Gasteiger partial charge in [0.25, 0.3) is 0 Å². The van der Waals surface area contributed by atoms with Crippen molar-refractivity contribution in [1.29, 1.82) is 0 Å².